The second-order valence-electron chi connectivity index (χ2n) is 13.4. The molecular weight excluding hydrogens is 658 g/mol. The van der Waals surface area contributed by atoms with Gasteiger partial charge in [-0.1, -0.05) is 79.1 Å². The summed E-state index contributed by atoms with van der Waals surface area (Å²) in [5, 5.41) is 12.6. The van der Waals surface area contributed by atoms with Gasteiger partial charge in [0.05, 0.1) is 34.7 Å². The van der Waals surface area contributed by atoms with Gasteiger partial charge in [-0.05, 0) is 56.7 Å². The van der Waals surface area contributed by atoms with E-state index in [-0.39, 0.29) is 37.3 Å². The van der Waals surface area contributed by atoms with Crippen LogP contribution in [0.25, 0.3) is 0 Å². The van der Waals surface area contributed by atoms with Gasteiger partial charge in [0.1, 0.15) is 17.7 Å². The molecule has 3 amide bonds. The van der Waals surface area contributed by atoms with Crippen molar-refractivity contribution in [3.8, 4) is 0 Å². The first kappa shape index (κ1) is 37.3. The van der Waals surface area contributed by atoms with Gasteiger partial charge in [0.2, 0.25) is 11.8 Å². The summed E-state index contributed by atoms with van der Waals surface area (Å²) in [4.78, 5) is 59.4. The van der Waals surface area contributed by atoms with Gasteiger partial charge in [0.25, 0.3) is 5.91 Å². The Morgan fingerprint density at radius 2 is 1.82 bits per heavy atom. The Morgan fingerprint density at radius 1 is 1.10 bits per heavy atom. The minimum absolute atomic E-state index is 0.0867. The normalized spacial score (nSPS) is 24.7. The zero-order valence-electron chi connectivity index (χ0n) is 28.7. The fraction of sp³-hybridized carbons (Fsp3) is 0.487. The number of nitrogens with zero attached hydrogens (tertiary/aromatic N) is 2. The molecule has 3 heterocycles. The highest BCUT2D eigenvalue weighted by molar-refractivity contribution is 6.34. The quantitative estimate of drug-likeness (QED) is 0.119. The Kier molecular flexibility index (Phi) is 12.5. The molecule has 0 saturated carbocycles. The molecular formula is C39H48ClN3O7. The number of benzene rings is 2. The number of unbranched alkanes of at least 4 members (excludes halogenated alkanes) is 3. The Bertz CT molecular complexity index is 1550. The van der Waals surface area contributed by atoms with Gasteiger partial charge < -0.3 is 29.7 Å². The number of para-hydroxylation sites is 1. The average Bonchev–Trinajstić information content (AvgIpc) is 3.76. The van der Waals surface area contributed by atoms with E-state index >= 15 is 0 Å². The summed E-state index contributed by atoms with van der Waals surface area (Å²) in [7, 11) is 0. The molecule has 268 valence electrons. The summed E-state index contributed by atoms with van der Waals surface area (Å²) in [6, 6.07) is 14.7. The molecule has 0 radical (unpaired) electrons. The number of carbonyl (C=O) groups is 4. The van der Waals surface area contributed by atoms with Crippen molar-refractivity contribution in [1.29, 1.82) is 0 Å². The molecule has 10 nitrogen and oxygen atoms in total. The summed E-state index contributed by atoms with van der Waals surface area (Å²) >= 11 is 6.58. The molecule has 2 aromatic rings. The second kappa shape index (κ2) is 16.8. The molecule has 2 bridgehead atoms. The number of hydrogen-bond acceptors (Lipinski definition) is 7. The van der Waals surface area contributed by atoms with Crippen molar-refractivity contribution in [3.63, 3.8) is 0 Å². The molecule has 3 fully saturated rings. The minimum Gasteiger partial charge on any atom is -0.455 e. The van der Waals surface area contributed by atoms with Crippen LogP contribution in [0.15, 0.2) is 79.9 Å². The molecule has 5 rings (SSSR count). The van der Waals surface area contributed by atoms with E-state index in [0.717, 1.165) is 12.8 Å². The predicted octanol–water partition coefficient (Wildman–Crippen LogP) is 5.54. The zero-order chi connectivity index (χ0) is 35.8. The maximum absolute atomic E-state index is 14.8. The lowest BCUT2D eigenvalue weighted by Crippen LogP contribution is -2.56. The summed E-state index contributed by atoms with van der Waals surface area (Å²) in [5.74, 6) is -3.31. The second-order valence-corrected chi connectivity index (χ2v) is 13.8. The largest absolute Gasteiger partial charge is 0.455 e. The molecule has 1 spiro atoms. The highest BCUT2D eigenvalue weighted by atomic mass is 35.5. The third kappa shape index (κ3) is 7.53. The van der Waals surface area contributed by atoms with Crippen LogP contribution in [0.1, 0.15) is 70.0 Å². The number of rotatable bonds is 18. The number of esters is 1. The van der Waals surface area contributed by atoms with Gasteiger partial charge in [-0.3, -0.25) is 19.2 Å². The summed E-state index contributed by atoms with van der Waals surface area (Å²) in [6.07, 6.45) is 6.33. The number of carbonyl (C=O) groups excluding carboxylic acids is 4. The third-order valence-corrected chi connectivity index (χ3v) is 10.4. The Balaban J connectivity index is 1.46. The van der Waals surface area contributed by atoms with Crippen molar-refractivity contribution in [2.24, 2.45) is 11.8 Å². The topological polar surface area (TPSA) is 125 Å². The van der Waals surface area contributed by atoms with Crippen LogP contribution in [0.5, 0.6) is 0 Å². The molecule has 2 N–H and O–H groups in total. The van der Waals surface area contributed by atoms with Crippen molar-refractivity contribution >= 4 is 41.0 Å². The average molecular weight is 706 g/mol. The van der Waals surface area contributed by atoms with E-state index in [9.17, 15) is 24.3 Å². The number of nitrogens with one attached hydrogen (secondary N) is 1. The molecule has 3 aliphatic rings. The highest BCUT2D eigenvalue weighted by Crippen LogP contribution is 2.59. The predicted molar refractivity (Wildman–Crippen MR) is 191 cm³/mol. The molecule has 11 heteroatoms. The van der Waals surface area contributed by atoms with Crippen molar-refractivity contribution in [3.05, 3.63) is 90.5 Å². The summed E-state index contributed by atoms with van der Waals surface area (Å²) in [6.45, 7) is 9.86. The van der Waals surface area contributed by atoms with Crippen LogP contribution in [0.4, 0.5) is 5.69 Å². The van der Waals surface area contributed by atoms with Gasteiger partial charge in [0.15, 0.2) is 0 Å². The van der Waals surface area contributed by atoms with Crippen LogP contribution in [-0.4, -0.2) is 77.2 Å². The molecule has 0 aromatic heterocycles. The lowest BCUT2D eigenvalue weighted by Gasteiger charge is -2.37. The van der Waals surface area contributed by atoms with Crippen molar-refractivity contribution in [1.82, 2.24) is 10.2 Å². The first-order chi connectivity index (χ1) is 24.2. The standard InChI is InChI=1S/C39H48ClN3O7/c1-4-6-20-31(45)41-26(3)34(27-16-10-9-11-17-27)49-38(48)32-30-21-22-39(50-30)33(32)36(46)43(24-14-7-8-15-25-44)35(39)37(47)42(23-5-2)29-19-13-12-18-28(29)40/h4-5,9-13,16-19,26,30,32-35,44H,1-2,6-8,14-15,20-25H2,3H3,(H,41,45)/t26-,30+,32-,33-,34-,35+,39-/m0/s1. The zero-order valence-corrected chi connectivity index (χ0v) is 29.4. The SMILES string of the molecule is C=CCCC(=O)N[C@@H](C)[C@H](OC(=O)[C@@H]1[C@H]2C(=O)N(CCCCCCO)[C@H](C(=O)N(CC=C)c3ccccc3Cl)[C@]23CC[C@H]1O3)c1ccccc1. The van der Waals surface area contributed by atoms with Crippen molar-refractivity contribution in [2.75, 3.05) is 24.6 Å². The first-order valence-corrected chi connectivity index (χ1v) is 18.0. The van der Waals surface area contributed by atoms with E-state index < -0.39 is 47.7 Å². The Morgan fingerprint density at radius 3 is 2.52 bits per heavy atom. The Hall–Kier alpha value is -3.99. The molecule has 0 aliphatic carbocycles. The van der Waals surface area contributed by atoms with Crippen molar-refractivity contribution in [2.45, 2.75) is 88.2 Å². The Labute approximate surface area is 299 Å². The molecule has 3 saturated heterocycles. The van der Waals surface area contributed by atoms with E-state index in [1.165, 1.54) is 4.90 Å². The molecule has 7 atom stereocenters. The van der Waals surface area contributed by atoms with Gasteiger partial charge in [-0.15, -0.1) is 13.2 Å². The number of amides is 3. The van der Waals surface area contributed by atoms with Crippen LogP contribution in [0, 0.1) is 11.8 Å². The van der Waals surface area contributed by atoms with Gasteiger partial charge in [-0.25, -0.2) is 0 Å². The van der Waals surface area contributed by atoms with Crippen LogP contribution >= 0.6 is 11.6 Å². The number of likely N-dealkylation sites (tertiary alicyclic amines) is 1. The van der Waals surface area contributed by atoms with Crippen LogP contribution in [0.2, 0.25) is 5.02 Å². The third-order valence-electron chi connectivity index (χ3n) is 10.1. The fourth-order valence-corrected chi connectivity index (χ4v) is 8.12. The monoisotopic (exact) mass is 705 g/mol. The molecule has 3 aliphatic heterocycles. The maximum Gasteiger partial charge on any atom is 0.313 e. The van der Waals surface area contributed by atoms with Crippen molar-refractivity contribution < 1.29 is 33.8 Å². The van der Waals surface area contributed by atoms with E-state index in [1.54, 1.807) is 48.2 Å². The highest BCUT2D eigenvalue weighted by Gasteiger charge is 2.75. The first-order valence-electron chi connectivity index (χ1n) is 17.6. The maximum atomic E-state index is 14.8. The van der Waals surface area contributed by atoms with Crippen LogP contribution in [-0.2, 0) is 28.7 Å². The van der Waals surface area contributed by atoms with E-state index in [0.29, 0.717) is 54.9 Å². The molecule has 2 aromatic carbocycles. The number of halogens is 1. The summed E-state index contributed by atoms with van der Waals surface area (Å²) in [5.41, 5.74) is -0.0417. The fourth-order valence-electron chi connectivity index (χ4n) is 7.88. The number of fused-ring (bicyclic) bond motifs is 1. The molecule has 50 heavy (non-hydrogen) atoms. The van der Waals surface area contributed by atoms with E-state index in [2.05, 4.69) is 18.5 Å². The lowest BCUT2D eigenvalue weighted by atomic mass is 9.70. The van der Waals surface area contributed by atoms with Crippen LogP contribution in [0.3, 0.4) is 0 Å². The minimum atomic E-state index is -1.24. The number of aliphatic hydroxyl groups excluding tert-OH is 1. The smallest absolute Gasteiger partial charge is 0.313 e. The molecule has 0 unspecified atom stereocenters. The van der Waals surface area contributed by atoms with E-state index in [1.807, 2.05) is 30.3 Å². The van der Waals surface area contributed by atoms with E-state index in [4.69, 9.17) is 21.1 Å². The number of hydrogen-bond donors (Lipinski definition) is 2. The van der Waals surface area contributed by atoms with Gasteiger partial charge >= 0.3 is 5.97 Å². The number of anilines is 1. The number of allylic oxidation sites excluding steroid dienone is 1. The van der Waals surface area contributed by atoms with Crippen LogP contribution < -0.4 is 10.2 Å². The lowest BCUT2D eigenvalue weighted by molar-refractivity contribution is -0.162. The van der Waals surface area contributed by atoms with Gasteiger partial charge in [-0.2, -0.15) is 0 Å². The number of ether oxygens (including phenoxy) is 2. The summed E-state index contributed by atoms with van der Waals surface area (Å²) < 4.78 is 12.9. The van der Waals surface area contributed by atoms with Gasteiger partial charge in [0, 0.05) is 26.1 Å². The number of aliphatic hydroxyl groups is 1.